The number of amides is 1. The second-order valence-corrected chi connectivity index (χ2v) is 4.72. The van der Waals surface area contributed by atoms with Crippen LogP contribution < -0.4 is 10.9 Å². The normalized spacial score (nSPS) is 10.6. The second-order valence-electron chi connectivity index (χ2n) is 3.86. The van der Waals surface area contributed by atoms with E-state index in [9.17, 15) is 14.4 Å². The molecule has 0 saturated carbocycles. The molecule has 2 N–H and O–H groups in total. The molecule has 0 spiro atoms. The average Bonchev–Trinajstić information content (AvgIpc) is 2.77. The first kappa shape index (κ1) is 13.2. The Morgan fingerprint density at radius 3 is 2.79 bits per heavy atom. The van der Waals surface area contributed by atoms with Crippen molar-refractivity contribution in [2.45, 2.75) is 13.5 Å². The lowest BCUT2D eigenvalue weighted by Crippen LogP contribution is -2.32. The van der Waals surface area contributed by atoms with Gasteiger partial charge in [0.05, 0.1) is 10.9 Å². The summed E-state index contributed by atoms with van der Waals surface area (Å²) in [6.07, 6.45) is 0. The number of hydrogen-bond acceptors (Lipinski definition) is 5. The molecule has 0 saturated heterocycles. The first-order valence-electron chi connectivity index (χ1n) is 5.38. The Kier molecular flexibility index (Phi) is 3.34. The van der Waals surface area contributed by atoms with Crippen LogP contribution in [0.15, 0.2) is 10.2 Å². The highest BCUT2D eigenvalue weighted by molar-refractivity contribution is 7.17. The number of aryl methyl sites for hydroxylation is 1. The fourth-order valence-corrected chi connectivity index (χ4v) is 2.64. The van der Waals surface area contributed by atoms with E-state index in [-0.39, 0.29) is 23.4 Å². The minimum atomic E-state index is -1.18. The average molecular weight is 281 g/mol. The minimum Gasteiger partial charge on any atom is -0.478 e. The Balaban J connectivity index is 2.72. The van der Waals surface area contributed by atoms with Crippen LogP contribution in [-0.2, 0) is 11.3 Å². The van der Waals surface area contributed by atoms with Gasteiger partial charge in [-0.05, 0) is 6.92 Å². The zero-order chi connectivity index (χ0) is 14.2. The van der Waals surface area contributed by atoms with Crippen molar-refractivity contribution in [2.75, 3.05) is 7.05 Å². The molecule has 2 aromatic rings. The molecular formula is C11H11N3O4S. The van der Waals surface area contributed by atoms with Crippen LogP contribution in [0, 0.1) is 6.92 Å². The van der Waals surface area contributed by atoms with Gasteiger partial charge in [-0.25, -0.2) is 9.78 Å². The van der Waals surface area contributed by atoms with Gasteiger partial charge in [0.15, 0.2) is 0 Å². The molecule has 0 aliphatic carbocycles. The molecule has 2 aromatic heterocycles. The standard InChI is InChI=1S/C11H11N3O4S/c1-5-13-9-8(6(4-19-9)11(17)18)10(16)14(5)3-7(15)12-2/h4H,3H2,1-2H3,(H,12,15)(H,17,18). The third-order valence-electron chi connectivity index (χ3n) is 2.70. The van der Waals surface area contributed by atoms with Crippen LogP contribution in [0.25, 0.3) is 10.2 Å². The van der Waals surface area contributed by atoms with E-state index in [1.807, 2.05) is 0 Å². The largest absolute Gasteiger partial charge is 0.478 e. The quantitative estimate of drug-likeness (QED) is 0.837. The van der Waals surface area contributed by atoms with E-state index >= 15 is 0 Å². The lowest BCUT2D eigenvalue weighted by molar-refractivity contribution is -0.121. The number of aromatic nitrogens is 2. The second kappa shape index (κ2) is 4.81. The van der Waals surface area contributed by atoms with Crippen molar-refractivity contribution < 1.29 is 14.7 Å². The number of carboxylic acid groups (broad SMARTS) is 1. The van der Waals surface area contributed by atoms with Gasteiger partial charge in [0, 0.05) is 12.4 Å². The van der Waals surface area contributed by atoms with Crippen LogP contribution in [-0.4, -0.2) is 33.6 Å². The molecule has 0 fully saturated rings. The topological polar surface area (TPSA) is 101 Å². The molecule has 2 heterocycles. The minimum absolute atomic E-state index is 0.0482. The lowest BCUT2D eigenvalue weighted by atomic mass is 10.2. The highest BCUT2D eigenvalue weighted by Crippen LogP contribution is 2.21. The molecule has 0 aliphatic heterocycles. The van der Waals surface area contributed by atoms with Crippen molar-refractivity contribution in [1.82, 2.24) is 14.9 Å². The zero-order valence-corrected chi connectivity index (χ0v) is 11.1. The number of nitrogens with one attached hydrogen (secondary N) is 1. The molecule has 7 nitrogen and oxygen atoms in total. The van der Waals surface area contributed by atoms with E-state index in [4.69, 9.17) is 5.11 Å². The summed E-state index contributed by atoms with van der Waals surface area (Å²) in [7, 11) is 1.46. The van der Waals surface area contributed by atoms with Crippen LogP contribution in [0.1, 0.15) is 16.2 Å². The van der Waals surface area contributed by atoms with E-state index in [2.05, 4.69) is 10.3 Å². The fourth-order valence-electron chi connectivity index (χ4n) is 1.69. The molecule has 8 heteroatoms. The Hall–Kier alpha value is -2.22. The van der Waals surface area contributed by atoms with Gasteiger partial charge in [-0.2, -0.15) is 0 Å². The Morgan fingerprint density at radius 1 is 1.53 bits per heavy atom. The van der Waals surface area contributed by atoms with Gasteiger partial charge < -0.3 is 10.4 Å². The molecule has 2 rings (SSSR count). The number of hydrogen-bond donors (Lipinski definition) is 2. The molecule has 19 heavy (non-hydrogen) atoms. The molecule has 0 unspecified atom stereocenters. The summed E-state index contributed by atoms with van der Waals surface area (Å²) in [5.74, 6) is -1.15. The molecule has 0 aromatic carbocycles. The van der Waals surface area contributed by atoms with Gasteiger partial charge >= 0.3 is 5.97 Å². The highest BCUT2D eigenvalue weighted by atomic mass is 32.1. The summed E-state index contributed by atoms with van der Waals surface area (Å²) in [5, 5.41) is 12.9. The number of carbonyl (C=O) groups excluding carboxylic acids is 1. The highest BCUT2D eigenvalue weighted by Gasteiger charge is 2.18. The van der Waals surface area contributed by atoms with Crippen molar-refractivity contribution >= 4 is 33.4 Å². The van der Waals surface area contributed by atoms with Crippen LogP contribution in [0.2, 0.25) is 0 Å². The zero-order valence-electron chi connectivity index (χ0n) is 10.3. The summed E-state index contributed by atoms with van der Waals surface area (Å²) in [5.41, 5.74) is -0.590. The maximum atomic E-state index is 12.3. The maximum absolute atomic E-state index is 12.3. The molecule has 1 amide bonds. The van der Waals surface area contributed by atoms with E-state index in [0.717, 1.165) is 11.3 Å². The third kappa shape index (κ3) is 2.22. The molecule has 0 atom stereocenters. The number of carboxylic acids is 1. The van der Waals surface area contributed by atoms with Crippen molar-refractivity contribution in [3.05, 3.63) is 27.1 Å². The number of carbonyl (C=O) groups is 2. The first-order chi connectivity index (χ1) is 8.95. The number of nitrogens with zero attached hydrogens (tertiary/aromatic N) is 2. The SMILES string of the molecule is CNC(=O)Cn1c(C)nc2scc(C(=O)O)c2c1=O. The molecule has 0 radical (unpaired) electrons. The van der Waals surface area contributed by atoms with E-state index in [0.29, 0.717) is 10.7 Å². The number of rotatable bonds is 3. The van der Waals surface area contributed by atoms with E-state index in [1.165, 1.54) is 17.0 Å². The smallest absolute Gasteiger partial charge is 0.337 e. The van der Waals surface area contributed by atoms with Crippen LogP contribution in [0.5, 0.6) is 0 Å². The van der Waals surface area contributed by atoms with Crippen molar-refractivity contribution in [3.8, 4) is 0 Å². The van der Waals surface area contributed by atoms with Crippen LogP contribution in [0.4, 0.5) is 0 Å². The molecular weight excluding hydrogens is 270 g/mol. The lowest BCUT2D eigenvalue weighted by Gasteiger charge is -2.08. The summed E-state index contributed by atoms with van der Waals surface area (Å²) >= 11 is 1.10. The van der Waals surface area contributed by atoms with E-state index in [1.54, 1.807) is 6.92 Å². The Labute approximate surface area is 111 Å². The first-order valence-corrected chi connectivity index (χ1v) is 6.26. The van der Waals surface area contributed by atoms with Crippen molar-refractivity contribution in [1.29, 1.82) is 0 Å². The molecule has 100 valence electrons. The summed E-state index contributed by atoms with van der Waals surface area (Å²) in [4.78, 5) is 39.2. The van der Waals surface area contributed by atoms with Crippen LogP contribution >= 0.6 is 11.3 Å². The maximum Gasteiger partial charge on any atom is 0.337 e. The predicted molar refractivity (Wildman–Crippen MR) is 69.6 cm³/mol. The van der Waals surface area contributed by atoms with Gasteiger partial charge in [-0.1, -0.05) is 0 Å². The van der Waals surface area contributed by atoms with Crippen LogP contribution in [0.3, 0.4) is 0 Å². The number of likely N-dealkylation sites (N-methyl/N-ethyl adjacent to an activating group) is 1. The number of aromatic carboxylic acids is 1. The number of fused-ring (bicyclic) bond motifs is 1. The summed E-state index contributed by atoms with van der Waals surface area (Å²) in [6, 6.07) is 0. The molecule has 0 aliphatic rings. The van der Waals surface area contributed by atoms with Gasteiger partial charge in [-0.15, -0.1) is 11.3 Å². The van der Waals surface area contributed by atoms with Gasteiger partial charge in [0.25, 0.3) is 5.56 Å². The van der Waals surface area contributed by atoms with Gasteiger partial charge in [0.1, 0.15) is 17.2 Å². The van der Waals surface area contributed by atoms with Gasteiger partial charge in [0.2, 0.25) is 5.91 Å². The summed E-state index contributed by atoms with van der Waals surface area (Å²) < 4.78 is 1.17. The van der Waals surface area contributed by atoms with Crippen molar-refractivity contribution in [2.24, 2.45) is 0 Å². The van der Waals surface area contributed by atoms with Gasteiger partial charge in [-0.3, -0.25) is 14.2 Å². The Morgan fingerprint density at radius 2 is 2.21 bits per heavy atom. The molecule has 0 bridgehead atoms. The van der Waals surface area contributed by atoms with E-state index < -0.39 is 11.5 Å². The Bertz CT molecular complexity index is 731. The third-order valence-corrected chi connectivity index (χ3v) is 3.57. The number of thiophene rings is 1. The summed E-state index contributed by atoms with van der Waals surface area (Å²) in [6.45, 7) is 1.42. The fraction of sp³-hybridized carbons (Fsp3) is 0.273. The predicted octanol–water partition coefficient (Wildman–Crippen LogP) is 0.211. The van der Waals surface area contributed by atoms with Crippen molar-refractivity contribution in [3.63, 3.8) is 0 Å². The monoisotopic (exact) mass is 281 g/mol.